The van der Waals surface area contributed by atoms with Gasteiger partial charge in [-0.25, -0.2) is 0 Å². The molecule has 18 heavy (non-hydrogen) atoms. The number of hydrogen-bond donors (Lipinski definition) is 3. The standard InChI is InChI=1S/C11H23N3O2S.HI/c1-2-16-6-3-5-13-10(12)14-8-11(15)4-7-17-9-11;/h15H,2-9H2,1H3,(H3,12,13,14);1H. The van der Waals surface area contributed by atoms with Gasteiger partial charge < -0.3 is 20.9 Å². The summed E-state index contributed by atoms with van der Waals surface area (Å²) in [7, 11) is 0. The molecule has 0 radical (unpaired) electrons. The summed E-state index contributed by atoms with van der Waals surface area (Å²) in [5.74, 6) is 2.17. The molecular weight excluding hydrogens is 365 g/mol. The first-order valence-corrected chi connectivity index (χ1v) is 7.23. The van der Waals surface area contributed by atoms with E-state index in [1.165, 1.54) is 0 Å². The summed E-state index contributed by atoms with van der Waals surface area (Å²) in [5, 5.41) is 13.1. The highest BCUT2D eigenvalue weighted by atomic mass is 127. The predicted molar refractivity (Wildman–Crippen MR) is 87.9 cm³/mol. The second kappa shape index (κ2) is 10.1. The first-order valence-electron chi connectivity index (χ1n) is 6.08. The van der Waals surface area contributed by atoms with Crippen molar-refractivity contribution in [3.63, 3.8) is 0 Å². The third-order valence-corrected chi connectivity index (χ3v) is 3.84. The first-order chi connectivity index (χ1) is 8.16. The van der Waals surface area contributed by atoms with Gasteiger partial charge in [-0.05, 0) is 25.5 Å². The summed E-state index contributed by atoms with van der Waals surface area (Å²) in [5.41, 5.74) is 5.06. The Morgan fingerprint density at radius 2 is 2.39 bits per heavy atom. The summed E-state index contributed by atoms with van der Waals surface area (Å²) in [4.78, 5) is 4.17. The average Bonchev–Trinajstić information content (AvgIpc) is 2.74. The van der Waals surface area contributed by atoms with Crippen molar-refractivity contribution in [3.8, 4) is 0 Å². The minimum absolute atomic E-state index is 0. The van der Waals surface area contributed by atoms with Gasteiger partial charge in [0.15, 0.2) is 5.96 Å². The molecular formula is C11H24IN3O2S. The van der Waals surface area contributed by atoms with Crippen LogP contribution in [0.1, 0.15) is 19.8 Å². The van der Waals surface area contributed by atoms with Crippen molar-refractivity contribution in [3.05, 3.63) is 0 Å². The van der Waals surface area contributed by atoms with Gasteiger partial charge in [-0.3, -0.25) is 4.99 Å². The van der Waals surface area contributed by atoms with Crippen LogP contribution >= 0.6 is 35.7 Å². The van der Waals surface area contributed by atoms with Crippen LogP contribution in [0.15, 0.2) is 4.99 Å². The molecule has 7 heteroatoms. The Bertz CT molecular complexity index is 248. The van der Waals surface area contributed by atoms with Crippen LogP contribution in [0, 0.1) is 0 Å². The van der Waals surface area contributed by atoms with E-state index in [0.29, 0.717) is 12.5 Å². The molecule has 0 aliphatic carbocycles. The lowest BCUT2D eigenvalue weighted by molar-refractivity contribution is 0.0779. The molecule has 1 aliphatic heterocycles. The SMILES string of the molecule is CCOCCCNC(N)=NCC1(O)CCSC1.I. The Balaban J connectivity index is 0.00000289. The van der Waals surface area contributed by atoms with E-state index in [1.807, 2.05) is 6.92 Å². The Hall–Kier alpha value is 0.270. The van der Waals surface area contributed by atoms with Crippen LogP contribution in [0.2, 0.25) is 0 Å². The summed E-state index contributed by atoms with van der Waals surface area (Å²) in [6.45, 7) is 4.60. The van der Waals surface area contributed by atoms with Crippen LogP contribution in [0.3, 0.4) is 0 Å². The van der Waals surface area contributed by atoms with Crippen LogP contribution in [0.5, 0.6) is 0 Å². The van der Waals surface area contributed by atoms with E-state index < -0.39 is 5.60 Å². The molecule has 0 aromatic rings. The lowest BCUT2D eigenvalue weighted by Gasteiger charge is -2.18. The predicted octanol–water partition coefficient (Wildman–Crippen LogP) is 0.803. The van der Waals surface area contributed by atoms with Gasteiger partial charge in [-0.2, -0.15) is 11.8 Å². The Morgan fingerprint density at radius 3 is 3.00 bits per heavy atom. The second-order valence-corrected chi connectivity index (χ2v) is 5.31. The third-order valence-electron chi connectivity index (χ3n) is 2.60. The van der Waals surface area contributed by atoms with Crippen molar-refractivity contribution in [1.82, 2.24) is 5.32 Å². The molecule has 0 bridgehead atoms. The molecule has 1 rings (SSSR count). The van der Waals surface area contributed by atoms with Crippen molar-refractivity contribution in [2.24, 2.45) is 10.7 Å². The molecule has 0 aromatic heterocycles. The zero-order chi connectivity index (χ0) is 12.6. The number of aliphatic imine (C=N–C) groups is 1. The third kappa shape index (κ3) is 7.65. The number of aliphatic hydroxyl groups is 1. The highest BCUT2D eigenvalue weighted by molar-refractivity contribution is 14.0. The summed E-state index contributed by atoms with van der Waals surface area (Å²) in [6.07, 6.45) is 1.71. The van der Waals surface area contributed by atoms with Crippen molar-refractivity contribution in [2.45, 2.75) is 25.4 Å². The largest absolute Gasteiger partial charge is 0.387 e. The monoisotopic (exact) mass is 389 g/mol. The molecule has 1 heterocycles. The molecule has 5 nitrogen and oxygen atoms in total. The lowest BCUT2D eigenvalue weighted by atomic mass is 10.1. The van der Waals surface area contributed by atoms with Gasteiger partial charge in [-0.1, -0.05) is 0 Å². The van der Waals surface area contributed by atoms with Gasteiger partial charge in [0.05, 0.1) is 12.1 Å². The first kappa shape index (κ1) is 18.3. The number of nitrogens with two attached hydrogens (primary N) is 1. The molecule has 1 unspecified atom stereocenters. The number of ether oxygens (including phenoxy) is 1. The van der Waals surface area contributed by atoms with E-state index in [2.05, 4.69) is 10.3 Å². The second-order valence-electron chi connectivity index (χ2n) is 4.21. The molecule has 1 aliphatic rings. The Labute approximate surface area is 130 Å². The molecule has 0 saturated carbocycles. The van der Waals surface area contributed by atoms with Crippen LogP contribution < -0.4 is 11.1 Å². The average molecular weight is 389 g/mol. The fraction of sp³-hybridized carbons (Fsp3) is 0.909. The normalized spacial score (nSPS) is 23.8. The van der Waals surface area contributed by atoms with Crippen molar-refractivity contribution in [2.75, 3.05) is 37.8 Å². The van der Waals surface area contributed by atoms with Crippen LogP contribution in [-0.2, 0) is 4.74 Å². The van der Waals surface area contributed by atoms with Gasteiger partial charge in [0.1, 0.15) is 0 Å². The maximum Gasteiger partial charge on any atom is 0.188 e. The van der Waals surface area contributed by atoms with Gasteiger partial charge in [0, 0.05) is 25.5 Å². The van der Waals surface area contributed by atoms with E-state index in [9.17, 15) is 5.11 Å². The molecule has 1 saturated heterocycles. The number of guanidine groups is 1. The quantitative estimate of drug-likeness (QED) is 0.260. The van der Waals surface area contributed by atoms with Crippen molar-refractivity contribution in [1.29, 1.82) is 0 Å². The lowest BCUT2D eigenvalue weighted by Crippen LogP contribution is -2.37. The number of thioether (sulfide) groups is 1. The number of nitrogens with one attached hydrogen (secondary N) is 1. The maximum atomic E-state index is 10.1. The van der Waals surface area contributed by atoms with E-state index >= 15 is 0 Å². The van der Waals surface area contributed by atoms with Crippen molar-refractivity contribution >= 4 is 41.7 Å². The van der Waals surface area contributed by atoms with Gasteiger partial charge >= 0.3 is 0 Å². The highest BCUT2D eigenvalue weighted by Gasteiger charge is 2.31. The van der Waals surface area contributed by atoms with Crippen molar-refractivity contribution < 1.29 is 9.84 Å². The smallest absolute Gasteiger partial charge is 0.188 e. The highest BCUT2D eigenvalue weighted by Crippen LogP contribution is 2.27. The van der Waals surface area contributed by atoms with Crippen LogP contribution in [0.4, 0.5) is 0 Å². The number of rotatable bonds is 7. The Kier molecular flexibility index (Phi) is 10.3. The maximum absolute atomic E-state index is 10.1. The molecule has 1 atom stereocenters. The van der Waals surface area contributed by atoms with E-state index in [0.717, 1.165) is 44.1 Å². The van der Waals surface area contributed by atoms with Crippen LogP contribution in [-0.4, -0.2) is 54.5 Å². The van der Waals surface area contributed by atoms with E-state index in [4.69, 9.17) is 10.5 Å². The zero-order valence-corrected chi connectivity index (χ0v) is 14.0. The Morgan fingerprint density at radius 1 is 1.61 bits per heavy atom. The topological polar surface area (TPSA) is 79.9 Å². The molecule has 1 fully saturated rings. The van der Waals surface area contributed by atoms with E-state index in [1.54, 1.807) is 11.8 Å². The minimum atomic E-state index is -0.651. The zero-order valence-electron chi connectivity index (χ0n) is 10.9. The van der Waals surface area contributed by atoms with Gasteiger partial charge in [0.2, 0.25) is 0 Å². The molecule has 0 spiro atoms. The number of nitrogens with zero attached hydrogens (tertiary/aromatic N) is 1. The fourth-order valence-electron chi connectivity index (χ4n) is 1.54. The summed E-state index contributed by atoms with van der Waals surface area (Å²) < 4.78 is 5.21. The van der Waals surface area contributed by atoms with E-state index in [-0.39, 0.29) is 24.0 Å². The summed E-state index contributed by atoms with van der Waals surface area (Å²) in [6, 6.07) is 0. The molecule has 108 valence electrons. The molecule has 0 aromatic carbocycles. The fourth-order valence-corrected chi connectivity index (χ4v) is 2.83. The number of halogens is 1. The summed E-state index contributed by atoms with van der Waals surface area (Å²) >= 11 is 1.76. The molecule has 0 amide bonds. The number of hydrogen-bond acceptors (Lipinski definition) is 4. The van der Waals surface area contributed by atoms with Gasteiger partial charge in [0.25, 0.3) is 0 Å². The minimum Gasteiger partial charge on any atom is -0.387 e. The van der Waals surface area contributed by atoms with Gasteiger partial charge in [-0.15, -0.1) is 24.0 Å². The molecule has 4 N–H and O–H groups in total. The van der Waals surface area contributed by atoms with Crippen LogP contribution in [0.25, 0.3) is 0 Å².